The van der Waals surface area contributed by atoms with Crippen LogP contribution < -0.4 is 10.1 Å². The fourth-order valence-corrected chi connectivity index (χ4v) is 5.23. The highest BCUT2D eigenvalue weighted by Gasteiger charge is 2.41. The summed E-state index contributed by atoms with van der Waals surface area (Å²) in [5.41, 5.74) is 2.05. The minimum atomic E-state index is 0.0476. The molecule has 0 aromatic heterocycles. The first-order valence-corrected chi connectivity index (χ1v) is 10.9. The number of ether oxygens (including phenoxy) is 1. The van der Waals surface area contributed by atoms with E-state index in [1.807, 2.05) is 36.4 Å². The number of hydrogen-bond donors (Lipinski definition) is 1. The molecule has 0 spiro atoms. The van der Waals surface area contributed by atoms with E-state index in [1.54, 1.807) is 7.11 Å². The maximum atomic E-state index is 12.9. The predicted molar refractivity (Wildman–Crippen MR) is 120 cm³/mol. The van der Waals surface area contributed by atoms with Crippen molar-refractivity contribution in [1.29, 1.82) is 0 Å². The van der Waals surface area contributed by atoms with Crippen LogP contribution in [0.1, 0.15) is 41.6 Å². The zero-order valence-corrected chi connectivity index (χ0v) is 17.4. The van der Waals surface area contributed by atoms with E-state index in [0.717, 1.165) is 41.5 Å². The van der Waals surface area contributed by atoms with E-state index in [-0.39, 0.29) is 11.9 Å². The number of piperidine rings is 1. The molecule has 30 heavy (non-hydrogen) atoms. The van der Waals surface area contributed by atoms with Crippen molar-refractivity contribution in [2.75, 3.05) is 7.11 Å². The lowest BCUT2D eigenvalue weighted by Gasteiger charge is -2.39. The highest BCUT2D eigenvalue weighted by Crippen LogP contribution is 2.37. The molecule has 2 atom stereocenters. The first kappa shape index (κ1) is 19.1. The average molecular weight is 401 g/mol. The summed E-state index contributed by atoms with van der Waals surface area (Å²) in [5.74, 6) is 0.962. The van der Waals surface area contributed by atoms with E-state index in [2.05, 4.69) is 40.5 Å². The lowest BCUT2D eigenvalue weighted by atomic mass is 9.96. The van der Waals surface area contributed by atoms with Gasteiger partial charge in [-0.15, -0.1) is 0 Å². The van der Waals surface area contributed by atoms with Gasteiger partial charge in [0.05, 0.1) is 7.11 Å². The molecular weight excluding hydrogens is 372 g/mol. The summed E-state index contributed by atoms with van der Waals surface area (Å²) >= 11 is 0. The van der Waals surface area contributed by atoms with Crippen molar-refractivity contribution >= 4 is 16.7 Å². The second-order valence-electron chi connectivity index (χ2n) is 8.61. The number of methoxy groups -OCH3 is 1. The van der Waals surface area contributed by atoms with Crippen LogP contribution in [0.25, 0.3) is 10.8 Å². The molecule has 0 aliphatic carbocycles. The third-order valence-electron chi connectivity index (χ3n) is 6.73. The van der Waals surface area contributed by atoms with Crippen LogP contribution in [0.4, 0.5) is 0 Å². The maximum Gasteiger partial charge on any atom is 0.251 e. The number of fused-ring (bicyclic) bond motifs is 3. The average Bonchev–Trinajstić information content (AvgIpc) is 3.01. The van der Waals surface area contributed by atoms with Crippen LogP contribution in [0.2, 0.25) is 0 Å². The van der Waals surface area contributed by atoms with Gasteiger partial charge in [0.2, 0.25) is 0 Å². The number of hydrogen-bond acceptors (Lipinski definition) is 3. The van der Waals surface area contributed by atoms with Crippen LogP contribution in [-0.2, 0) is 6.54 Å². The Morgan fingerprint density at radius 2 is 1.73 bits per heavy atom. The summed E-state index contributed by atoms with van der Waals surface area (Å²) in [4.78, 5) is 15.5. The number of rotatable bonds is 5. The smallest absolute Gasteiger partial charge is 0.251 e. The van der Waals surface area contributed by atoms with Gasteiger partial charge in [-0.3, -0.25) is 9.69 Å². The van der Waals surface area contributed by atoms with Crippen molar-refractivity contribution in [2.24, 2.45) is 0 Å². The van der Waals surface area contributed by atoms with E-state index in [9.17, 15) is 4.79 Å². The summed E-state index contributed by atoms with van der Waals surface area (Å²) in [6.45, 7) is 0.956. The van der Waals surface area contributed by atoms with Gasteiger partial charge in [0.25, 0.3) is 5.91 Å². The number of carbonyl (C=O) groups is 1. The van der Waals surface area contributed by atoms with Crippen molar-refractivity contribution in [3.63, 3.8) is 0 Å². The Morgan fingerprint density at radius 3 is 2.50 bits per heavy atom. The largest absolute Gasteiger partial charge is 0.497 e. The number of amides is 1. The van der Waals surface area contributed by atoms with Crippen LogP contribution in [0.3, 0.4) is 0 Å². The van der Waals surface area contributed by atoms with Gasteiger partial charge in [-0.05, 0) is 66.3 Å². The number of nitrogens with zero attached hydrogens (tertiary/aromatic N) is 1. The fourth-order valence-electron chi connectivity index (χ4n) is 5.23. The predicted octanol–water partition coefficient (Wildman–Crippen LogP) is 4.77. The summed E-state index contributed by atoms with van der Waals surface area (Å²) in [6, 6.07) is 23.8. The molecule has 2 bridgehead atoms. The Balaban J connectivity index is 1.24. The number of benzene rings is 3. The minimum Gasteiger partial charge on any atom is -0.497 e. The molecule has 1 amide bonds. The molecule has 2 aliphatic heterocycles. The van der Waals surface area contributed by atoms with Gasteiger partial charge >= 0.3 is 0 Å². The SMILES string of the molecule is COc1cccc(CN2C3CCC2CC(NC(=O)c2ccc4ccccc4c2)C3)c1. The summed E-state index contributed by atoms with van der Waals surface area (Å²) in [6.07, 6.45) is 4.49. The second-order valence-corrected chi connectivity index (χ2v) is 8.61. The molecule has 2 fully saturated rings. The number of nitrogens with one attached hydrogen (secondary N) is 1. The zero-order valence-electron chi connectivity index (χ0n) is 17.4. The highest BCUT2D eigenvalue weighted by molar-refractivity contribution is 5.98. The van der Waals surface area contributed by atoms with Crippen LogP contribution in [0.15, 0.2) is 66.7 Å². The van der Waals surface area contributed by atoms with Crippen molar-refractivity contribution in [1.82, 2.24) is 10.2 Å². The van der Waals surface area contributed by atoms with E-state index in [0.29, 0.717) is 12.1 Å². The molecule has 1 N–H and O–H groups in total. The molecule has 2 aliphatic rings. The topological polar surface area (TPSA) is 41.6 Å². The molecule has 3 aromatic carbocycles. The highest BCUT2D eigenvalue weighted by atomic mass is 16.5. The molecule has 154 valence electrons. The van der Waals surface area contributed by atoms with Crippen LogP contribution >= 0.6 is 0 Å². The standard InChI is InChI=1S/C26H28N2O2/c1-30-25-8-4-5-18(13-25)17-28-23-11-12-24(28)16-22(15-23)27-26(29)21-10-9-19-6-2-3-7-20(19)14-21/h2-10,13-14,22-24H,11-12,15-17H2,1H3,(H,27,29). The van der Waals surface area contributed by atoms with Gasteiger partial charge in [-0.25, -0.2) is 0 Å². The van der Waals surface area contributed by atoms with Crippen molar-refractivity contribution in [3.05, 3.63) is 77.9 Å². The summed E-state index contributed by atoms with van der Waals surface area (Å²) in [5, 5.41) is 5.59. The molecule has 2 heterocycles. The Labute approximate surface area is 177 Å². The zero-order chi connectivity index (χ0) is 20.5. The van der Waals surface area contributed by atoms with Gasteiger partial charge in [0.1, 0.15) is 5.75 Å². The van der Waals surface area contributed by atoms with Crippen LogP contribution in [0, 0.1) is 0 Å². The Bertz CT molecular complexity index is 1050. The maximum absolute atomic E-state index is 12.9. The monoisotopic (exact) mass is 400 g/mol. The van der Waals surface area contributed by atoms with Gasteiger partial charge in [0, 0.05) is 30.2 Å². The van der Waals surface area contributed by atoms with Gasteiger partial charge < -0.3 is 10.1 Å². The van der Waals surface area contributed by atoms with Crippen molar-refractivity contribution in [2.45, 2.75) is 50.4 Å². The minimum absolute atomic E-state index is 0.0476. The first-order chi connectivity index (χ1) is 14.7. The van der Waals surface area contributed by atoms with E-state index in [4.69, 9.17) is 4.74 Å². The summed E-state index contributed by atoms with van der Waals surface area (Å²) in [7, 11) is 1.71. The molecule has 0 saturated carbocycles. The van der Waals surface area contributed by atoms with Crippen LogP contribution in [-0.4, -0.2) is 36.0 Å². The second kappa shape index (κ2) is 8.11. The van der Waals surface area contributed by atoms with E-state index in [1.165, 1.54) is 18.4 Å². The van der Waals surface area contributed by atoms with Crippen LogP contribution in [0.5, 0.6) is 5.75 Å². The normalized spacial score (nSPS) is 23.4. The number of carbonyl (C=O) groups excluding carboxylic acids is 1. The van der Waals surface area contributed by atoms with Crippen molar-refractivity contribution in [3.8, 4) is 5.75 Å². The lowest BCUT2D eigenvalue weighted by Crippen LogP contribution is -2.49. The third kappa shape index (κ3) is 3.80. The molecule has 2 saturated heterocycles. The Kier molecular flexibility index (Phi) is 5.17. The van der Waals surface area contributed by atoms with Gasteiger partial charge in [0.15, 0.2) is 0 Å². The quantitative estimate of drug-likeness (QED) is 0.671. The molecular formula is C26H28N2O2. The molecule has 4 heteroatoms. The molecule has 0 radical (unpaired) electrons. The molecule has 5 rings (SSSR count). The molecule has 4 nitrogen and oxygen atoms in total. The Morgan fingerprint density at radius 1 is 0.967 bits per heavy atom. The third-order valence-corrected chi connectivity index (χ3v) is 6.73. The van der Waals surface area contributed by atoms with E-state index >= 15 is 0 Å². The van der Waals surface area contributed by atoms with Gasteiger partial charge in [-0.1, -0.05) is 42.5 Å². The van der Waals surface area contributed by atoms with Crippen molar-refractivity contribution < 1.29 is 9.53 Å². The summed E-state index contributed by atoms with van der Waals surface area (Å²) < 4.78 is 5.38. The fraction of sp³-hybridized carbons (Fsp3) is 0.346. The molecule has 3 aromatic rings. The Hall–Kier alpha value is -2.85. The van der Waals surface area contributed by atoms with E-state index < -0.39 is 0 Å². The molecule has 2 unspecified atom stereocenters. The first-order valence-electron chi connectivity index (χ1n) is 10.9. The lowest BCUT2D eigenvalue weighted by molar-refractivity contribution is 0.0827. The van der Waals surface area contributed by atoms with Gasteiger partial charge in [-0.2, -0.15) is 0 Å².